The Morgan fingerprint density at radius 2 is 2.00 bits per heavy atom. The quantitative estimate of drug-likeness (QED) is 0.771. The molecule has 2 aromatic heterocycles. The number of aromatic amines is 1. The lowest BCUT2D eigenvalue weighted by molar-refractivity contribution is 0.120. The number of fused-ring (bicyclic) bond motifs is 1. The Balaban J connectivity index is 1.51. The third-order valence-electron chi connectivity index (χ3n) is 4.53. The Morgan fingerprint density at radius 3 is 2.75 bits per heavy atom. The van der Waals surface area contributed by atoms with E-state index in [9.17, 15) is 0 Å². The predicted molar refractivity (Wildman–Crippen MR) is 94.1 cm³/mol. The van der Waals surface area contributed by atoms with Crippen LogP contribution in [0.15, 0.2) is 24.5 Å². The monoisotopic (exact) mass is 323 g/mol. The number of aromatic nitrogens is 4. The molecule has 1 fully saturated rings. The first-order valence-corrected chi connectivity index (χ1v) is 8.34. The summed E-state index contributed by atoms with van der Waals surface area (Å²) in [4.78, 5) is 16.8. The molecule has 24 heavy (non-hydrogen) atoms. The zero-order chi connectivity index (χ0) is 16.5. The smallest absolute Gasteiger partial charge is 0.222 e. The van der Waals surface area contributed by atoms with E-state index >= 15 is 0 Å². The molecule has 1 aliphatic heterocycles. The molecule has 124 valence electrons. The van der Waals surface area contributed by atoms with Crippen LogP contribution in [0.2, 0.25) is 0 Å². The van der Waals surface area contributed by atoms with Gasteiger partial charge in [-0.25, -0.2) is 15.0 Å². The Kier molecular flexibility index (Phi) is 3.90. The van der Waals surface area contributed by atoms with Gasteiger partial charge in [-0.3, -0.25) is 0 Å². The molecule has 2 N–H and O–H groups in total. The molecular formula is C18H21N5O. The first-order chi connectivity index (χ1) is 11.7. The number of ether oxygens (including phenoxy) is 1. The van der Waals surface area contributed by atoms with Gasteiger partial charge in [-0.05, 0) is 49.9 Å². The van der Waals surface area contributed by atoms with Gasteiger partial charge in [0.2, 0.25) is 5.95 Å². The summed E-state index contributed by atoms with van der Waals surface area (Å²) in [6.07, 6.45) is 6.10. The van der Waals surface area contributed by atoms with E-state index in [1.165, 1.54) is 11.1 Å². The minimum Gasteiger partial charge on any atom is -0.376 e. The molecule has 0 amide bonds. The summed E-state index contributed by atoms with van der Waals surface area (Å²) in [7, 11) is 0. The van der Waals surface area contributed by atoms with Crippen molar-refractivity contribution in [3.63, 3.8) is 0 Å². The van der Waals surface area contributed by atoms with E-state index in [0.717, 1.165) is 48.4 Å². The van der Waals surface area contributed by atoms with Gasteiger partial charge in [-0.15, -0.1) is 0 Å². The van der Waals surface area contributed by atoms with Gasteiger partial charge in [0.25, 0.3) is 0 Å². The van der Waals surface area contributed by atoms with Gasteiger partial charge in [0.05, 0.1) is 22.7 Å². The number of benzene rings is 1. The summed E-state index contributed by atoms with van der Waals surface area (Å²) in [6.45, 7) is 5.81. The predicted octanol–water partition coefficient (Wildman–Crippen LogP) is 3.23. The van der Waals surface area contributed by atoms with E-state index in [1.807, 2.05) is 0 Å². The van der Waals surface area contributed by atoms with E-state index < -0.39 is 0 Å². The third-order valence-corrected chi connectivity index (χ3v) is 4.53. The molecule has 3 heterocycles. The van der Waals surface area contributed by atoms with Gasteiger partial charge >= 0.3 is 0 Å². The molecule has 6 heteroatoms. The molecule has 1 saturated heterocycles. The molecule has 3 aromatic rings. The molecule has 0 radical (unpaired) electrons. The average Bonchev–Trinajstić information content (AvgIpc) is 3.23. The topological polar surface area (TPSA) is 75.7 Å². The van der Waals surface area contributed by atoms with Gasteiger partial charge in [0.1, 0.15) is 5.82 Å². The lowest BCUT2D eigenvalue weighted by atomic mass is 10.1. The maximum absolute atomic E-state index is 5.59. The van der Waals surface area contributed by atoms with Crippen molar-refractivity contribution < 1.29 is 4.74 Å². The minimum atomic E-state index is 0.273. The highest BCUT2D eigenvalue weighted by Gasteiger charge is 2.15. The van der Waals surface area contributed by atoms with Crippen molar-refractivity contribution in [1.29, 1.82) is 0 Å². The maximum Gasteiger partial charge on any atom is 0.222 e. The van der Waals surface area contributed by atoms with Gasteiger partial charge < -0.3 is 15.0 Å². The third kappa shape index (κ3) is 2.97. The van der Waals surface area contributed by atoms with Crippen LogP contribution in [0.25, 0.3) is 22.4 Å². The van der Waals surface area contributed by atoms with E-state index in [-0.39, 0.29) is 6.10 Å². The van der Waals surface area contributed by atoms with Crippen LogP contribution < -0.4 is 5.32 Å². The highest BCUT2D eigenvalue weighted by Crippen LogP contribution is 2.22. The van der Waals surface area contributed by atoms with Crippen molar-refractivity contribution in [3.8, 4) is 11.4 Å². The first kappa shape index (κ1) is 15.1. The number of nitrogens with zero attached hydrogens (tertiary/aromatic N) is 3. The molecule has 1 aromatic carbocycles. The van der Waals surface area contributed by atoms with E-state index in [2.05, 4.69) is 51.2 Å². The van der Waals surface area contributed by atoms with E-state index in [1.54, 1.807) is 12.4 Å². The number of imidazole rings is 1. The van der Waals surface area contributed by atoms with Crippen LogP contribution in [0.4, 0.5) is 5.95 Å². The van der Waals surface area contributed by atoms with Crippen LogP contribution in [0.5, 0.6) is 0 Å². The lowest BCUT2D eigenvalue weighted by Gasteiger charge is -2.10. The maximum atomic E-state index is 5.59. The summed E-state index contributed by atoms with van der Waals surface area (Å²) < 4.78 is 5.59. The number of anilines is 1. The molecule has 6 nitrogen and oxygen atoms in total. The second-order valence-corrected chi connectivity index (χ2v) is 6.35. The number of hydrogen-bond donors (Lipinski definition) is 2. The van der Waals surface area contributed by atoms with Crippen molar-refractivity contribution in [3.05, 3.63) is 35.7 Å². The van der Waals surface area contributed by atoms with E-state index in [4.69, 9.17) is 4.74 Å². The number of aryl methyl sites for hydroxylation is 2. The molecule has 0 bridgehead atoms. The zero-order valence-corrected chi connectivity index (χ0v) is 14.0. The summed E-state index contributed by atoms with van der Waals surface area (Å²) in [5, 5.41) is 3.23. The fourth-order valence-corrected chi connectivity index (χ4v) is 2.96. The normalized spacial score (nSPS) is 17.5. The first-order valence-electron chi connectivity index (χ1n) is 8.34. The number of nitrogens with one attached hydrogen (secondary N) is 2. The van der Waals surface area contributed by atoms with Crippen molar-refractivity contribution in [2.75, 3.05) is 18.5 Å². The Hall–Kier alpha value is -2.47. The summed E-state index contributed by atoms with van der Waals surface area (Å²) in [5.74, 6) is 1.41. The largest absolute Gasteiger partial charge is 0.376 e. The van der Waals surface area contributed by atoms with Crippen molar-refractivity contribution in [1.82, 2.24) is 19.9 Å². The average molecular weight is 323 g/mol. The Bertz CT molecular complexity index is 811. The fourth-order valence-electron chi connectivity index (χ4n) is 2.96. The molecule has 1 atom stereocenters. The minimum absolute atomic E-state index is 0.273. The standard InChI is InChI=1S/C18H21N5O/c1-11-6-15-16(7-12(11)2)23-17(22-15)13-8-19-18(20-9-13)21-10-14-4-3-5-24-14/h6-9,14H,3-5,10H2,1-2H3,(H,22,23)(H,19,20,21)/t14-/m0/s1. The highest BCUT2D eigenvalue weighted by atomic mass is 16.5. The SMILES string of the molecule is Cc1cc2nc(-c3cnc(NC[C@@H]4CCCO4)nc3)[nH]c2cc1C. The highest BCUT2D eigenvalue weighted by molar-refractivity contribution is 5.80. The van der Waals surface area contributed by atoms with Crippen LogP contribution >= 0.6 is 0 Å². The Labute approximate surface area is 140 Å². The molecule has 4 rings (SSSR count). The lowest BCUT2D eigenvalue weighted by Crippen LogP contribution is -2.19. The van der Waals surface area contributed by atoms with E-state index in [0.29, 0.717) is 5.95 Å². The summed E-state index contributed by atoms with van der Waals surface area (Å²) in [5.41, 5.74) is 5.37. The fraction of sp³-hybridized carbons (Fsp3) is 0.389. The second-order valence-electron chi connectivity index (χ2n) is 6.35. The van der Waals surface area contributed by atoms with Crippen LogP contribution in [0.3, 0.4) is 0 Å². The Morgan fingerprint density at radius 1 is 1.21 bits per heavy atom. The summed E-state index contributed by atoms with van der Waals surface area (Å²) >= 11 is 0. The van der Waals surface area contributed by atoms with Gasteiger partial charge in [0.15, 0.2) is 0 Å². The van der Waals surface area contributed by atoms with Crippen LogP contribution in [-0.4, -0.2) is 39.2 Å². The molecule has 0 aliphatic carbocycles. The van der Waals surface area contributed by atoms with Gasteiger partial charge in [-0.2, -0.15) is 0 Å². The van der Waals surface area contributed by atoms with Crippen molar-refractivity contribution in [2.24, 2.45) is 0 Å². The molecule has 0 spiro atoms. The summed E-state index contributed by atoms with van der Waals surface area (Å²) in [6, 6.07) is 4.22. The molecule has 1 aliphatic rings. The number of H-pyrrole nitrogens is 1. The van der Waals surface area contributed by atoms with Crippen LogP contribution in [-0.2, 0) is 4.74 Å². The van der Waals surface area contributed by atoms with Gasteiger partial charge in [-0.1, -0.05) is 0 Å². The van der Waals surface area contributed by atoms with Crippen molar-refractivity contribution >= 4 is 17.0 Å². The van der Waals surface area contributed by atoms with Crippen molar-refractivity contribution in [2.45, 2.75) is 32.8 Å². The number of rotatable bonds is 4. The number of hydrogen-bond acceptors (Lipinski definition) is 5. The molecule has 0 unspecified atom stereocenters. The zero-order valence-electron chi connectivity index (χ0n) is 14.0. The van der Waals surface area contributed by atoms with Crippen LogP contribution in [0.1, 0.15) is 24.0 Å². The van der Waals surface area contributed by atoms with Crippen LogP contribution in [0, 0.1) is 13.8 Å². The van der Waals surface area contributed by atoms with Gasteiger partial charge in [0, 0.05) is 25.5 Å². The molecule has 0 saturated carbocycles. The second kappa shape index (κ2) is 6.20. The molecular weight excluding hydrogens is 302 g/mol.